The van der Waals surface area contributed by atoms with Crippen LogP contribution >= 0.6 is 22.9 Å². The van der Waals surface area contributed by atoms with E-state index in [2.05, 4.69) is 5.32 Å². The van der Waals surface area contributed by atoms with Gasteiger partial charge in [0.05, 0.1) is 25.4 Å². The minimum atomic E-state index is -0.637. The molecule has 1 N–H and O–H groups in total. The molecule has 0 unspecified atom stereocenters. The summed E-state index contributed by atoms with van der Waals surface area (Å²) in [6, 6.07) is 13.0. The fourth-order valence-electron chi connectivity index (χ4n) is 3.31. The zero-order chi connectivity index (χ0) is 22.8. The second-order valence-corrected chi connectivity index (χ2v) is 8.13. The fourth-order valence-corrected chi connectivity index (χ4v) is 4.32. The molecule has 8 nitrogen and oxygen atoms in total. The Morgan fingerprint density at radius 2 is 1.78 bits per heavy atom. The molecule has 1 amide bonds. The van der Waals surface area contributed by atoms with Crippen LogP contribution in [0, 0.1) is 0 Å². The van der Waals surface area contributed by atoms with Crippen LogP contribution in [0.5, 0.6) is 11.5 Å². The number of hydrogen-bond acceptors (Lipinski definition) is 6. The number of nitrogens with one attached hydrogen (secondary N) is 1. The number of thiophene rings is 1. The van der Waals surface area contributed by atoms with Crippen LogP contribution in [-0.2, 0) is 11.3 Å². The van der Waals surface area contributed by atoms with Gasteiger partial charge >= 0.3 is 5.69 Å². The number of benzene rings is 2. The summed E-state index contributed by atoms with van der Waals surface area (Å²) in [4.78, 5) is 39.1. The van der Waals surface area contributed by atoms with Gasteiger partial charge in [-0.25, -0.2) is 9.36 Å². The molecule has 0 fully saturated rings. The summed E-state index contributed by atoms with van der Waals surface area (Å²) < 4.78 is 13.1. The van der Waals surface area contributed by atoms with E-state index in [9.17, 15) is 14.4 Å². The van der Waals surface area contributed by atoms with E-state index in [0.717, 1.165) is 4.57 Å². The molecule has 4 rings (SSSR count). The highest BCUT2D eigenvalue weighted by Crippen LogP contribution is 2.26. The minimum Gasteiger partial charge on any atom is -0.497 e. The molecule has 0 radical (unpaired) electrons. The highest BCUT2D eigenvalue weighted by atomic mass is 35.5. The molecule has 4 aromatic rings. The second-order valence-electron chi connectivity index (χ2n) is 6.77. The predicted molar refractivity (Wildman–Crippen MR) is 125 cm³/mol. The molecule has 0 saturated heterocycles. The maximum Gasteiger partial charge on any atom is 0.336 e. The maximum absolute atomic E-state index is 13.3. The highest BCUT2D eigenvalue weighted by Gasteiger charge is 2.18. The van der Waals surface area contributed by atoms with Gasteiger partial charge in [-0.15, -0.1) is 11.3 Å². The molecule has 32 heavy (non-hydrogen) atoms. The van der Waals surface area contributed by atoms with E-state index in [1.807, 2.05) is 0 Å². The first-order chi connectivity index (χ1) is 15.4. The Bertz CT molecular complexity index is 1420. The molecule has 2 heterocycles. The van der Waals surface area contributed by atoms with Gasteiger partial charge in [0.15, 0.2) is 0 Å². The van der Waals surface area contributed by atoms with Crippen LogP contribution in [-0.4, -0.2) is 29.3 Å². The molecule has 0 saturated carbocycles. The third kappa shape index (κ3) is 4.12. The highest BCUT2D eigenvalue weighted by molar-refractivity contribution is 7.17. The van der Waals surface area contributed by atoms with Crippen molar-refractivity contribution in [2.24, 2.45) is 0 Å². The van der Waals surface area contributed by atoms with Gasteiger partial charge in [0, 0.05) is 28.9 Å². The lowest BCUT2D eigenvalue weighted by Gasteiger charge is -2.13. The Kier molecular flexibility index (Phi) is 6.02. The number of anilines is 1. The Hall–Kier alpha value is -3.56. The summed E-state index contributed by atoms with van der Waals surface area (Å²) in [5, 5.41) is 4.83. The van der Waals surface area contributed by atoms with E-state index < -0.39 is 17.2 Å². The summed E-state index contributed by atoms with van der Waals surface area (Å²) in [5.41, 5.74) is 0.0677. The smallest absolute Gasteiger partial charge is 0.336 e. The van der Waals surface area contributed by atoms with Gasteiger partial charge in [-0.2, -0.15) is 0 Å². The van der Waals surface area contributed by atoms with Gasteiger partial charge in [-0.1, -0.05) is 17.7 Å². The lowest BCUT2D eigenvalue weighted by molar-refractivity contribution is -0.116. The predicted octanol–water partition coefficient (Wildman–Crippen LogP) is 3.52. The average molecular weight is 472 g/mol. The van der Waals surface area contributed by atoms with Crippen molar-refractivity contribution in [2.75, 3.05) is 19.5 Å². The minimum absolute atomic E-state index is 0.299. The van der Waals surface area contributed by atoms with Crippen molar-refractivity contribution < 1.29 is 14.3 Å². The van der Waals surface area contributed by atoms with Crippen molar-refractivity contribution in [2.45, 2.75) is 6.54 Å². The second kappa shape index (κ2) is 8.89. The third-order valence-corrected chi connectivity index (χ3v) is 5.88. The van der Waals surface area contributed by atoms with Crippen molar-refractivity contribution in [1.29, 1.82) is 0 Å². The molecule has 0 spiro atoms. The summed E-state index contributed by atoms with van der Waals surface area (Å²) in [5.74, 6) is 0.560. The number of ether oxygens (including phenoxy) is 2. The van der Waals surface area contributed by atoms with Crippen molar-refractivity contribution in [1.82, 2.24) is 9.13 Å². The number of methoxy groups -OCH3 is 2. The molecular weight excluding hydrogens is 454 g/mol. The van der Waals surface area contributed by atoms with E-state index >= 15 is 0 Å². The van der Waals surface area contributed by atoms with Gasteiger partial charge in [-0.05, 0) is 29.6 Å². The van der Waals surface area contributed by atoms with Gasteiger partial charge in [0.2, 0.25) is 5.91 Å². The molecule has 10 heteroatoms. The molecule has 0 aliphatic rings. The maximum atomic E-state index is 13.3. The molecule has 0 aliphatic heterocycles. The molecule has 0 atom stereocenters. The number of halogens is 1. The summed E-state index contributed by atoms with van der Waals surface area (Å²) in [6.07, 6.45) is 0. The summed E-state index contributed by atoms with van der Waals surface area (Å²) in [6.45, 7) is -0.299. The number of rotatable bonds is 6. The van der Waals surface area contributed by atoms with Crippen LogP contribution in [0.2, 0.25) is 5.02 Å². The normalized spacial score (nSPS) is 10.8. The van der Waals surface area contributed by atoms with Crippen molar-refractivity contribution >= 4 is 44.7 Å². The molecule has 164 valence electrons. The lowest BCUT2D eigenvalue weighted by atomic mass is 10.2. The zero-order valence-electron chi connectivity index (χ0n) is 17.1. The van der Waals surface area contributed by atoms with Crippen LogP contribution in [0.1, 0.15) is 0 Å². The number of hydrogen-bond donors (Lipinski definition) is 1. The van der Waals surface area contributed by atoms with Gasteiger partial charge in [-0.3, -0.25) is 14.2 Å². The van der Waals surface area contributed by atoms with Crippen molar-refractivity contribution in [3.63, 3.8) is 0 Å². The molecule has 2 aromatic carbocycles. The Morgan fingerprint density at radius 3 is 2.44 bits per heavy atom. The van der Waals surface area contributed by atoms with E-state index in [4.69, 9.17) is 21.1 Å². The zero-order valence-corrected chi connectivity index (χ0v) is 18.7. The molecular formula is C22H18ClN3O5S. The van der Waals surface area contributed by atoms with Gasteiger partial charge in [0.25, 0.3) is 5.56 Å². The van der Waals surface area contributed by atoms with E-state index in [0.29, 0.717) is 38.1 Å². The monoisotopic (exact) mass is 471 g/mol. The first kappa shape index (κ1) is 21.7. The lowest BCUT2D eigenvalue weighted by Crippen LogP contribution is -2.40. The van der Waals surface area contributed by atoms with Crippen LogP contribution < -0.4 is 26.0 Å². The van der Waals surface area contributed by atoms with Crippen LogP contribution in [0.15, 0.2) is 63.5 Å². The first-order valence-corrected chi connectivity index (χ1v) is 10.7. The summed E-state index contributed by atoms with van der Waals surface area (Å²) >= 11 is 7.25. The molecule has 0 aliphatic carbocycles. The van der Waals surface area contributed by atoms with Crippen LogP contribution in [0.3, 0.4) is 0 Å². The van der Waals surface area contributed by atoms with Crippen molar-refractivity contribution in [3.05, 3.63) is 79.8 Å². The Balaban J connectivity index is 1.75. The first-order valence-electron chi connectivity index (χ1n) is 9.43. The Morgan fingerprint density at radius 1 is 1.06 bits per heavy atom. The number of carbonyl (C=O) groups excluding carboxylic acids is 1. The van der Waals surface area contributed by atoms with Gasteiger partial charge in [0.1, 0.15) is 22.7 Å². The number of aromatic nitrogens is 2. The Labute approximate surface area is 191 Å². The SMILES string of the molecule is COc1cc(NC(=O)Cn2c(=O)n(-c3cccc(Cl)c3)c(=O)c3sccc32)cc(OC)c1. The number of carbonyl (C=O) groups is 1. The van der Waals surface area contributed by atoms with Crippen LogP contribution in [0.25, 0.3) is 15.9 Å². The largest absolute Gasteiger partial charge is 0.497 e. The molecule has 2 aromatic heterocycles. The molecule has 0 bridgehead atoms. The van der Waals surface area contributed by atoms with E-state index in [-0.39, 0.29) is 6.54 Å². The van der Waals surface area contributed by atoms with E-state index in [1.165, 1.54) is 36.2 Å². The standard InChI is InChI=1S/C22H18ClN3O5S/c1-30-16-9-14(10-17(11-16)31-2)24-19(27)12-25-18-6-7-32-20(18)21(28)26(22(25)29)15-5-3-4-13(23)8-15/h3-11H,12H2,1-2H3,(H,24,27). The summed E-state index contributed by atoms with van der Waals surface area (Å²) in [7, 11) is 3.01. The topological polar surface area (TPSA) is 91.6 Å². The van der Waals surface area contributed by atoms with E-state index in [1.54, 1.807) is 47.8 Å². The number of amides is 1. The van der Waals surface area contributed by atoms with Crippen LogP contribution in [0.4, 0.5) is 5.69 Å². The third-order valence-electron chi connectivity index (χ3n) is 4.76. The van der Waals surface area contributed by atoms with Crippen molar-refractivity contribution in [3.8, 4) is 17.2 Å². The number of fused-ring (bicyclic) bond motifs is 1. The van der Waals surface area contributed by atoms with Gasteiger partial charge < -0.3 is 14.8 Å². The fraction of sp³-hybridized carbons (Fsp3) is 0.136. The quantitative estimate of drug-likeness (QED) is 0.464. The number of nitrogens with zero attached hydrogens (tertiary/aromatic N) is 2. The average Bonchev–Trinajstić information content (AvgIpc) is 3.26.